The molecule has 0 saturated carbocycles. The van der Waals surface area contributed by atoms with E-state index in [9.17, 15) is 10.1 Å². The average Bonchev–Trinajstić information content (AvgIpc) is 2.24. The summed E-state index contributed by atoms with van der Waals surface area (Å²) in [6.07, 6.45) is 4.84. The van der Waals surface area contributed by atoms with Crippen LogP contribution in [-0.4, -0.2) is 16.5 Å². The fourth-order valence-corrected chi connectivity index (χ4v) is 1.17. The summed E-state index contributed by atoms with van der Waals surface area (Å²) in [6, 6.07) is 2.89. The average molecular weight is 222 g/mol. The third-order valence-electron chi connectivity index (χ3n) is 1.95. The zero-order valence-electron chi connectivity index (χ0n) is 9.01. The minimum atomic E-state index is -0.550. The van der Waals surface area contributed by atoms with Gasteiger partial charge in [-0.25, -0.2) is 4.98 Å². The maximum Gasteiger partial charge on any atom is 0.311 e. The molecule has 86 valence electrons. The molecule has 6 nitrogen and oxygen atoms in total. The van der Waals surface area contributed by atoms with E-state index in [0.29, 0.717) is 12.4 Å². The van der Waals surface area contributed by atoms with Gasteiger partial charge in [-0.15, -0.1) is 0 Å². The Labute approximate surface area is 93.3 Å². The molecular weight excluding hydrogens is 208 g/mol. The molecule has 0 aliphatic rings. The maximum atomic E-state index is 10.5. The predicted molar refractivity (Wildman–Crippen MR) is 63.2 cm³/mol. The number of hydrogen-bond acceptors (Lipinski definition) is 5. The summed E-state index contributed by atoms with van der Waals surface area (Å²) in [5.41, 5.74) is 5.28. The van der Waals surface area contributed by atoms with Gasteiger partial charge in [0.25, 0.3) is 0 Å². The van der Waals surface area contributed by atoms with Crippen molar-refractivity contribution in [3.63, 3.8) is 0 Å². The molecule has 6 heteroatoms. The fraction of sp³-hybridized carbons (Fsp3) is 0.300. The highest BCUT2D eigenvalue weighted by atomic mass is 16.6. The Morgan fingerprint density at radius 3 is 2.94 bits per heavy atom. The molecular formula is C10H14N4O2. The minimum Gasteiger partial charge on any atom is -0.378 e. The number of nitrogens with two attached hydrogens (primary N) is 1. The van der Waals surface area contributed by atoms with Gasteiger partial charge in [-0.3, -0.25) is 10.1 Å². The first kappa shape index (κ1) is 12.0. The molecule has 3 N–H and O–H groups in total. The maximum absolute atomic E-state index is 10.5. The summed E-state index contributed by atoms with van der Waals surface area (Å²) in [5.74, 6) is 0.480. The van der Waals surface area contributed by atoms with E-state index in [1.807, 2.05) is 19.1 Å². The molecule has 0 unspecified atom stereocenters. The van der Waals surface area contributed by atoms with Crippen LogP contribution in [0, 0.1) is 10.1 Å². The summed E-state index contributed by atoms with van der Waals surface area (Å²) < 4.78 is 0. The van der Waals surface area contributed by atoms with Gasteiger partial charge in [0, 0.05) is 12.6 Å². The lowest BCUT2D eigenvalue weighted by molar-refractivity contribution is -0.384. The normalized spacial score (nSPS) is 10.6. The number of nitrogens with zero attached hydrogens (tertiary/aromatic N) is 2. The van der Waals surface area contributed by atoms with Crippen LogP contribution in [0.5, 0.6) is 0 Å². The lowest BCUT2D eigenvalue weighted by Crippen LogP contribution is -2.05. The zero-order valence-corrected chi connectivity index (χ0v) is 9.01. The van der Waals surface area contributed by atoms with Crippen LogP contribution in [-0.2, 0) is 0 Å². The van der Waals surface area contributed by atoms with Gasteiger partial charge >= 0.3 is 5.69 Å². The quantitative estimate of drug-likeness (QED) is 0.343. The minimum absolute atomic E-state index is 0.0685. The third-order valence-corrected chi connectivity index (χ3v) is 1.95. The number of anilines is 2. The van der Waals surface area contributed by atoms with E-state index >= 15 is 0 Å². The van der Waals surface area contributed by atoms with Crippen molar-refractivity contribution in [2.45, 2.75) is 13.3 Å². The summed E-state index contributed by atoms with van der Waals surface area (Å²) >= 11 is 0. The Bertz CT molecular complexity index is 404. The first-order valence-corrected chi connectivity index (χ1v) is 4.91. The molecule has 0 saturated heterocycles. The summed E-state index contributed by atoms with van der Waals surface area (Å²) in [7, 11) is 0. The molecule has 0 fully saturated rings. The monoisotopic (exact) mass is 222 g/mol. The van der Waals surface area contributed by atoms with Crippen LogP contribution in [0.1, 0.15) is 13.3 Å². The topological polar surface area (TPSA) is 94.1 Å². The van der Waals surface area contributed by atoms with Crippen LogP contribution in [0.2, 0.25) is 0 Å². The molecule has 0 spiro atoms. The van der Waals surface area contributed by atoms with Gasteiger partial charge in [-0.05, 0) is 19.4 Å². The van der Waals surface area contributed by atoms with Crippen molar-refractivity contribution >= 4 is 17.3 Å². The van der Waals surface area contributed by atoms with Gasteiger partial charge < -0.3 is 11.1 Å². The van der Waals surface area contributed by atoms with Gasteiger partial charge in [0.1, 0.15) is 5.82 Å². The van der Waals surface area contributed by atoms with Crippen molar-refractivity contribution in [3.8, 4) is 0 Å². The number of nitrogen functional groups attached to an aromatic ring is 1. The Morgan fingerprint density at radius 1 is 1.62 bits per heavy atom. The number of pyridine rings is 1. The summed E-state index contributed by atoms with van der Waals surface area (Å²) in [5, 5.41) is 13.5. The second-order valence-electron chi connectivity index (χ2n) is 3.14. The summed E-state index contributed by atoms with van der Waals surface area (Å²) in [6.45, 7) is 2.66. The molecule has 0 aliphatic heterocycles. The van der Waals surface area contributed by atoms with E-state index in [2.05, 4.69) is 10.3 Å². The largest absolute Gasteiger partial charge is 0.378 e. The second-order valence-corrected chi connectivity index (χ2v) is 3.14. The molecule has 0 atom stereocenters. The standard InChI is InChI=1S/C10H14N4O2/c1-2-3-4-7-12-9-6-5-8(14(15)16)10(11)13-9/h2-3,5-6H,4,7H2,1H3,(H3,11,12,13)/b3-2+. The Kier molecular flexibility index (Phi) is 4.26. The molecule has 0 aliphatic carbocycles. The first-order valence-electron chi connectivity index (χ1n) is 4.91. The van der Waals surface area contributed by atoms with E-state index in [4.69, 9.17) is 5.73 Å². The molecule has 1 aromatic heterocycles. The van der Waals surface area contributed by atoms with E-state index < -0.39 is 4.92 Å². The molecule has 1 aromatic rings. The molecule has 16 heavy (non-hydrogen) atoms. The SMILES string of the molecule is C/C=C/CCNc1ccc([N+](=O)[O-])c(N)n1. The van der Waals surface area contributed by atoms with Crippen LogP contribution in [0.15, 0.2) is 24.3 Å². The van der Waals surface area contributed by atoms with Crippen LogP contribution >= 0.6 is 0 Å². The molecule has 0 amide bonds. The lowest BCUT2D eigenvalue weighted by Gasteiger charge is -2.04. The number of aromatic nitrogens is 1. The van der Waals surface area contributed by atoms with Crippen molar-refractivity contribution in [1.82, 2.24) is 4.98 Å². The molecule has 1 heterocycles. The van der Waals surface area contributed by atoms with Crippen LogP contribution < -0.4 is 11.1 Å². The van der Waals surface area contributed by atoms with Gasteiger partial charge in [-0.1, -0.05) is 12.2 Å². The van der Waals surface area contributed by atoms with E-state index in [1.54, 1.807) is 6.07 Å². The van der Waals surface area contributed by atoms with Crippen molar-refractivity contribution < 1.29 is 4.92 Å². The van der Waals surface area contributed by atoms with Crippen molar-refractivity contribution in [2.24, 2.45) is 0 Å². The van der Waals surface area contributed by atoms with Crippen LogP contribution in [0.4, 0.5) is 17.3 Å². The highest BCUT2D eigenvalue weighted by Gasteiger charge is 2.12. The molecule has 1 rings (SSSR count). The van der Waals surface area contributed by atoms with E-state index in [-0.39, 0.29) is 11.5 Å². The van der Waals surface area contributed by atoms with Gasteiger partial charge in [0.15, 0.2) is 0 Å². The van der Waals surface area contributed by atoms with Gasteiger partial charge in [0.05, 0.1) is 4.92 Å². The molecule has 0 bridgehead atoms. The zero-order chi connectivity index (χ0) is 12.0. The van der Waals surface area contributed by atoms with Gasteiger partial charge in [0.2, 0.25) is 5.82 Å². The van der Waals surface area contributed by atoms with Crippen LogP contribution in [0.3, 0.4) is 0 Å². The number of hydrogen-bond donors (Lipinski definition) is 2. The molecule has 0 radical (unpaired) electrons. The number of nitro groups is 1. The highest BCUT2D eigenvalue weighted by molar-refractivity contribution is 5.57. The Balaban J connectivity index is 2.63. The number of allylic oxidation sites excluding steroid dienone is 1. The van der Waals surface area contributed by atoms with Crippen molar-refractivity contribution in [1.29, 1.82) is 0 Å². The Morgan fingerprint density at radius 2 is 2.38 bits per heavy atom. The van der Waals surface area contributed by atoms with Crippen molar-refractivity contribution in [2.75, 3.05) is 17.6 Å². The van der Waals surface area contributed by atoms with Crippen molar-refractivity contribution in [3.05, 3.63) is 34.4 Å². The van der Waals surface area contributed by atoms with Gasteiger partial charge in [-0.2, -0.15) is 0 Å². The Hall–Kier alpha value is -2.11. The van der Waals surface area contributed by atoms with E-state index in [1.165, 1.54) is 6.07 Å². The van der Waals surface area contributed by atoms with E-state index in [0.717, 1.165) is 6.42 Å². The second kappa shape index (κ2) is 5.69. The number of rotatable bonds is 5. The highest BCUT2D eigenvalue weighted by Crippen LogP contribution is 2.20. The smallest absolute Gasteiger partial charge is 0.311 e. The third kappa shape index (κ3) is 3.23. The number of nitrogens with one attached hydrogen (secondary N) is 1. The van der Waals surface area contributed by atoms with Crippen LogP contribution in [0.25, 0.3) is 0 Å². The first-order chi connectivity index (χ1) is 7.65. The lowest BCUT2D eigenvalue weighted by atomic mass is 10.3. The fourth-order valence-electron chi connectivity index (χ4n) is 1.17. The summed E-state index contributed by atoms with van der Waals surface area (Å²) in [4.78, 5) is 13.8. The molecule has 0 aromatic carbocycles. The predicted octanol–water partition coefficient (Wildman–Crippen LogP) is 1.95.